The lowest BCUT2D eigenvalue weighted by atomic mass is 9.93. The molecule has 0 saturated carbocycles. The zero-order valence-corrected chi connectivity index (χ0v) is 29.8. The first-order chi connectivity index (χ1) is 24.7. The molecule has 0 radical (unpaired) electrons. The molecular weight excluding hydrogens is 633 g/mol. The van der Waals surface area contributed by atoms with Crippen LogP contribution >= 0.6 is 0 Å². The SMILES string of the molecule is CN(C)[C@H](Cc1ccc2ccccc2c1)C(=O)N1C[C@@H](CC2=CCC=CC=C2)N(C(=O)Cc2ccc3ccccc3c2)CC1CCCN=C(N)N. The number of guanidine groups is 1. The average Bonchev–Trinajstić information content (AvgIpc) is 3.40. The normalized spacial score (nSPS) is 18.1. The molecule has 264 valence electrons. The molecule has 4 aromatic rings. The van der Waals surface area contributed by atoms with Gasteiger partial charge in [0, 0.05) is 25.7 Å². The number of allylic oxidation sites excluding steroid dienone is 5. The van der Waals surface area contributed by atoms with Crippen LogP contribution in [0.5, 0.6) is 0 Å². The molecule has 0 bridgehead atoms. The number of piperazine rings is 1. The molecule has 1 unspecified atom stereocenters. The van der Waals surface area contributed by atoms with Crippen molar-refractivity contribution < 1.29 is 9.59 Å². The van der Waals surface area contributed by atoms with Crippen molar-refractivity contribution in [3.8, 4) is 0 Å². The van der Waals surface area contributed by atoms with E-state index in [0.717, 1.165) is 33.7 Å². The van der Waals surface area contributed by atoms with Crippen LogP contribution in [-0.4, -0.2) is 84.3 Å². The Morgan fingerprint density at radius 1 is 0.824 bits per heavy atom. The highest BCUT2D eigenvalue weighted by Gasteiger charge is 2.40. The van der Waals surface area contributed by atoms with Crippen molar-refractivity contribution in [1.82, 2.24) is 14.7 Å². The molecule has 1 saturated heterocycles. The van der Waals surface area contributed by atoms with Gasteiger partial charge in [0.25, 0.3) is 0 Å². The molecule has 51 heavy (non-hydrogen) atoms. The fourth-order valence-electron chi connectivity index (χ4n) is 7.42. The minimum Gasteiger partial charge on any atom is -0.370 e. The standard InChI is InChI=1S/C43H50N6O2/c1-47(2)40(27-32-19-21-34-14-7-9-16-36(34)24-32)42(51)49-30-39(26-31-12-5-3-4-6-13-31)48(29-38(49)18-11-23-46-43(44)45)41(50)28-33-20-22-35-15-8-10-17-37(35)25-33/h3-5,7-10,12-17,19-22,24-25,38-40H,6,11,18,23,26-30H2,1-2H3,(H4,44,45,46)/t38?,39-,40-/m1/s1. The third kappa shape index (κ3) is 9.13. The number of carbonyl (C=O) groups is 2. The van der Waals surface area contributed by atoms with Gasteiger partial charge in [0.15, 0.2) is 5.96 Å². The second kappa shape index (κ2) is 16.7. The smallest absolute Gasteiger partial charge is 0.240 e. The quantitative estimate of drug-likeness (QED) is 0.108. The van der Waals surface area contributed by atoms with Gasteiger partial charge < -0.3 is 21.3 Å². The number of carbonyl (C=O) groups excluding carboxylic acids is 2. The Balaban J connectivity index is 1.30. The van der Waals surface area contributed by atoms with Gasteiger partial charge in [0.05, 0.1) is 18.5 Å². The first-order valence-electron chi connectivity index (χ1n) is 18.0. The Labute approximate surface area is 301 Å². The van der Waals surface area contributed by atoms with Gasteiger partial charge in [-0.1, -0.05) is 115 Å². The summed E-state index contributed by atoms with van der Waals surface area (Å²) in [6.45, 7) is 1.38. The van der Waals surface area contributed by atoms with E-state index in [2.05, 4.69) is 101 Å². The summed E-state index contributed by atoms with van der Waals surface area (Å²) in [6.07, 6.45) is 14.4. The highest BCUT2D eigenvalue weighted by atomic mass is 16.2. The van der Waals surface area contributed by atoms with Crippen LogP contribution in [0.4, 0.5) is 0 Å². The Hall–Kier alpha value is -5.21. The number of likely N-dealkylation sites (N-methyl/N-ethyl adjacent to an activating group) is 1. The lowest BCUT2D eigenvalue weighted by Crippen LogP contribution is -2.64. The van der Waals surface area contributed by atoms with Gasteiger partial charge in [0.2, 0.25) is 11.8 Å². The van der Waals surface area contributed by atoms with Crippen molar-refractivity contribution in [1.29, 1.82) is 0 Å². The summed E-state index contributed by atoms with van der Waals surface area (Å²) < 4.78 is 0. The number of hydrogen-bond donors (Lipinski definition) is 2. The Morgan fingerprint density at radius 2 is 1.47 bits per heavy atom. The van der Waals surface area contributed by atoms with Crippen LogP contribution in [0.25, 0.3) is 21.5 Å². The van der Waals surface area contributed by atoms with E-state index < -0.39 is 0 Å². The molecule has 6 rings (SSSR count). The summed E-state index contributed by atoms with van der Waals surface area (Å²) in [5.74, 6) is 0.216. The van der Waals surface area contributed by atoms with Crippen molar-refractivity contribution in [3.05, 3.63) is 132 Å². The van der Waals surface area contributed by atoms with E-state index in [-0.39, 0.29) is 35.9 Å². The monoisotopic (exact) mass is 682 g/mol. The number of amides is 2. The second-order valence-electron chi connectivity index (χ2n) is 14.0. The number of benzene rings is 4. The molecule has 1 fully saturated rings. The number of nitrogens with zero attached hydrogens (tertiary/aromatic N) is 4. The summed E-state index contributed by atoms with van der Waals surface area (Å²) in [6, 6.07) is 28.5. The number of nitrogens with two attached hydrogens (primary N) is 2. The maximum Gasteiger partial charge on any atom is 0.240 e. The van der Waals surface area contributed by atoms with Crippen LogP contribution < -0.4 is 11.5 Å². The van der Waals surface area contributed by atoms with E-state index in [1.54, 1.807) is 0 Å². The van der Waals surface area contributed by atoms with Gasteiger partial charge in [0.1, 0.15) is 0 Å². The minimum atomic E-state index is -0.368. The Kier molecular flexibility index (Phi) is 11.6. The third-order valence-electron chi connectivity index (χ3n) is 10.2. The van der Waals surface area contributed by atoms with Gasteiger partial charge in [-0.05, 0) is 84.4 Å². The molecule has 8 nitrogen and oxygen atoms in total. The van der Waals surface area contributed by atoms with Gasteiger partial charge in [-0.25, -0.2) is 0 Å². The number of rotatable bonds is 12. The number of aliphatic imine (C=N–C) groups is 1. The maximum absolute atomic E-state index is 14.8. The summed E-state index contributed by atoms with van der Waals surface area (Å²) in [4.78, 5) is 39.5. The van der Waals surface area contributed by atoms with Crippen LogP contribution in [0, 0.1) is 0 Å². The van der Waals surface area contributed by atoms with Gasteiger partial charge in [-0.2, -0.15) is 0 Å². The van der Waals surface area contributed by atoms with Gasteiger partial charge in [-0.15, -0.1) is 0 Å². The number of fused-ring (bicyclic) bond motifs is 2. The molecular formula is C43H50N6O2. The summed E-state index contributed by atoms with van der Waals surface area (Å²) >= 11 is 0. The molecule has 1 aliphatic carbocycles. The average molecular weight is 683 g/mol. The first kappa shape index (κ1) is 35.6. The van der Waals surface area contributed by atoms with Crippen LogP contribution in [0.15, 0.2) is 126 Å². The lowest BCUT2D eigenvalue weighted by molar-refractivity contribution is -0.149. The summed E-state index contributed by atoms with van der Waals surface area (Å²) in [5.41, 5.74) is 14.6. The molecule has 1 aliphatic heterocycles. The molecule has 0 spiro atoms. The highest BCUT2D eigenvalue weighted by molar-refractivity contribution is 5.87. The molecule has 4 aromatic carbocycles. The third-order valence-corrected chi connectivity index (χ3v) is 10.2. The van der Waals surface area contributed by atoms with Gasteiger partial charge >= 0.3 is 0 Å². The van der Waals surface area contributed by atoms with Crippen LogP contribution in [0.2, 0.25) is 0 Å². The van der Waals surface area contributed by atoms with E-state index in [9.17, 15) is 9.59 Å². The topological polar surface area (TPSA) is 108 Å². The van der Waals surface area contributed by atoms with E-state index in [1.165, 1.54) is 11.0 Å². The van der Waals surface area contributed by atoms with E-state index in [4.69, 9.17) is 11.5 Å². The Morgan fingerprint density at radius 3 is 2.16 bits per heavy atom. The summed E-state index contributed by atoms with van der Waals surface area (Å²) in [5, 5.41) is 4.61. The molecule has 2 amide bonds. The van der Waals surface area contributed by atoms with Crippen molar-refractivity contribution in [2.45, 2.75) is 56.7 Å². The highest BCUT2D eigenvalue weighted by Crippen LogP contribution is 2.28. The van der Waals surface area contributed by atoms with Crippen LogP contribution in [0.3, 0.4) is 0 Å². The molecule has 3 atom stereocenters. The molecule has 4 N–H and O–H groups in total. The van der Waals surface area contributed by atoms with Crippen LogP contribution in [0.1, 0.15) is 36.8 Å². The zero-order chi connectivity index (χ0) is 35.7. The van der Waals surface area contributed by atoms with Crippen molar-refractivity contribution in [2.24, 2.45) is 16.5 Å². The molecule has 1 heterocycles. The van der Waals surface area contributed by atoms with Gasteiger partial charge in [-0.3, -0.25) is 19.5 Å². The predicted octanol–water partition coefficient (Wildman–Crippen LogP) is 6.00. The maximum atomic E-state index is 14.8. The van der Waals surface area contributed by atoms with E-state index in [1.807, 2.05) is 48.2 Å². The fourth-order valence-corrected chi connectivity index (χ4v) is 7.42. The molecule has 0 aromatic heterocycles. The predicted molar refractivity (Wildman–Crippen MR) is 209 cm³/mol. The van der Waals surface area contributed by atoms with E-state index in [0.29, 0.717) is 51.7 Å². The largest absolute Gasteiger partial charge is 0.370 e. The summed E-state index contributed by atoms with van der Waals surface area (Å²) in [7, 11) is 3.96. The van der Waals surface area contributed by atoms with Crippen molar-refractivity contribution in [3.63, 3.8) is 0 Å². The van der Waals surface area contributed by atoms with E-state index >= 15 is 0 Å². The first-order valence-corrected chi connectivity index (χ1v) is 18.0. The lowest BCUT2D eigenvalue weighted by Gasteiger charge is -2.48. The fraction of sp³-hybridized carbons (Fsp3) is 0.326. The van der Waals surface area contributed by atoms with Crippen LogP contribution in [-0.2, 0) is 22.4 Å². The Bertz CT molecular complexity index is 1970. The number of hydrogen-bond acceptors (Lipinski definition) is 4. The molecule has 8 heteroatoms. The minimum absolute atomic E-state index is 0.0566. The zero-order valence-electron chi connectivity index (χ0n) is 29.8. The van der Waals surface area contributed by atoms with Crippen molar-refractivity contribution >= 4 is 39.3 Å². The van der Waals surface area contributed by atoms with Crippen molar-refractivity contribution in [2.75, 3.05) is 33.7 Å². The second-order valence-corrected chi connectivity index (χ2v) is 14.0. The molecule has 2 aliphatic rings.